The lowest BCUT2D eigenvalue weighted by molar-refractivity contribution is 0.436. The maximum absolute atomic E-state index is 13.4. The van der Waals surface area contributed by atoms with E-state index in [9.17, 15) is 9.50 Å². The Bertz CT molecular complexity index is 1130. The molecule has 0 saturated heterocycles. The molecule has 0 radical (unpaired) electrons. The number of aromatic nitrogens is 3. The number of ether oxygens (including phenoxy) is 1. The molecule has 2 heterocycles. The first kappa shape index (κ1) is 17.2. The Labute approximate surface area is 158 Å². The van der Waals surface area contributed by atoms with E-state index in [0.717, 1.165) is 0 Å². The summed E-state index contributed by atoms with van der Waals surface area (Å²) in [6, 6.07) is 7.31. The van der Waals surface area contributed by atoms with Crippen molar-refractivity contribution in [2.45, 2.75) is 13.8 Å². The van der Waals surface area contributed by atoms with Crippen molar-refractivity contribution < 1.29 is 18.7 Å². The predicted molar refractivity (Wildman–Crippen MR) is 97.7 cm³/mol. The van der Waals surface area contributed by atoms with E-state index in [1.54, 1.807) is 26.0 Å². The van der Waals surface area contributed by atoms with Gasteiger partial charge in [0.15, 0.2) is 0 Å². The molecule has 0 aliphatic carbocycles. The number of benzene rings is 2. The van der Waals surface area contributed by atoms with Gasteiger partial charge in [-0.15, -0.1) is 0 Å². The summed E-state index contributed by atoms with van der Waals surface area (Å²) >= 11 is 5.81. The number of aryl methyl sites for hydroxylation is 2. The third kappa shape index (κ3) is 3.41. The zero-order chi connectivity index (χ0) is 19.1. The molecular formula is C19H13ClFN3O3. The lowest BCUT2D eigenvalue weighted by atomic mass is 10.1. The molecule has 0 bridgehead atoms. The summed E-state index contributed by atoms with van der Waals surface area (Å²) in [5, 5.41) is 10.1. The van der Waals surface area contributed by atoms with Crippen molar-refractivity contribution in [3.63, 3.8) is 0 Å². The molecule has 0 atom stereocenters. The number of oxazole rings is 1. The molecule has 0 fully saturated rings. The second kappa shape index (κ2) is 6.51. The molecule has 1 N–H and O–H groups in total. The second-order valence-electron chi connectivity index (χ2n) is 6.03. The number of halogens is 2. The summed E-state index contributed by atoms with van der Waals surface area (Å²) < 4.78 is 24.6. The average molecular weight is 386 g/mol. The van der Waals surface area contributed by atoms with Gasteiger partial charge in [-0.1, -0.05) is 11.6 Å². The normalized spacial score (nSPS) is 11.1. The topological polar surface area (TPSA) is 81.3 Å². The lowest BCUT2D eigenvalue weighted by Gasteiger charge is -2.04. The van der Waals surface area contributed by atoms with E-state index in [1.165, 1.54) is 24.4 Å². The molecule has 0 saturated carbocycles. The first-order valence-corrected chi connectivity index (χ1v) is 8.35. The van der Waals surface area contributed by atoms with Crippen LogP contribution in [0.5, 0.6) is 17.5 Å². The molecule has 136 valence electrons. The summed E-state index contributed by atoms with van der Waals surface area (Å²) in [6.45, 7) is 3.59. The maximum atomic E-state index is 13.4. The van der Waals surface area contributed by atoms with Crippen LogP contribution in [0.25, 0.3) is 22.7 Å². The van der Waals surface area contributed by atoms with Crippen molar-refractivity contribution in [3.8, 4) is 29.0 Å². The highest BCUT2D eigenvalue weighted by molar-refractivity contribution is 6.30. The van der Waals surface area contributed by atoms with Gasteiger partial charge in [-0.25, -0.2) is 14.4 Å². The average Bonchev–Trinajstić information content (AvgIpc) is 3.01. The smallest absolute Gasteiger partial charge is 0.325 e. The Kier molecular flexibility index (Phi) is 4.16. The Morgan fingerprint density at radius 2 is 1.81 bits per heavy atom. The molecule has 0 aliphatic rings. The van der Waals surface area contributed by atoms with Crippen molar-refractivity contribution in [2.24, 2.45) is 0 Å². The quantitative estimate of drug-likeness (QED) is 0.522. The number of fused-ring (bicyclic) bond motifs is 1. The standard InChI is InChI=1S/C19H13ClFN3O3/c1-9-3-11(4-10(2)16(9)25)17-23-15-8-22-19(24-18(15)27-17)26-14-6-12(20)5-13(21)7-14/h3-8,25H,1-2H3. The van der Waals surface area contributed by atoms with Gasteiger partial charge in [0, 0.05) is 16.7 Å². The third-order valence-corrected chi connectivity index (χ3v) is 4.13. The number of hydrogen-bond acceptors (Lipinski definition) is 6. The maximum Gasteiger partial charge on any atom is 0.325 e. The highest BCUT2D eigenvalue weighted by Crippen LogP contribution is 2.31. The molecule has 2 aromatic heterocycles. The van der Waals surface area contributed by atoms with Gasteiger partial charge < -0.3 is 14.3 Å². The molecule has 4 rings (SSSR count). The van der Waals surface area contributed by atoms with Crippen molar-refractivity contribution in [2.75, 3.05) is 0 Å². The fourth-order valence-electron chi connectivity index (χ4n) is 2.67. The van der Waals surface area contributed by atoms with Crippen LogP contribution in [0.2, 0.25) is 5.02 Å². The van der Waals surface area contributed by atoms with Crippen LogP contribution in [0.15, 0.2) is 40.9 Å². The first-order chi connectivity index (χ1) is 12.9. The van der Waals surface area contributed by atoms with Crippen LogP contribution >= 0.6 is 11.6 Å². The van der Waals surface area contributed by atoms with Crippen LogP contribution in [-0.4, -0.2) is 20.1 Å². The zero-order valence-electron chi connectivity index (χ0n) is 14.3. The Hall–Kier alpha value is -3.19. The minimum absolute atomic E-state index is 0.0232. The summed E-state index contributed by atoms with van der Waals surface area (Å²) in [4.78, 5) is 12.6. The van der Waals surface area contributed by atoms with Gasteiger partial charge in [-0.05, 0) is 49.2 Å². The number of phenols is 1. The van der Waals surface area contributed by atoms with Gasteiger partial charge in [0.2, 0.25) is 5.89 Å². The minimum Gasteiger partial charge on any atom is -0.507 e. The van der Waals surface area contributed by atoms with E-state index in [0.29, 0.717) is 28.1 Å². The van der Waals surface area contributed by atoms with E-state index >= 15 is 0 Å². The minimum atomic E-state index is -0.529. The van der Waals surface area contributed by atoms with E-state index in [4.69, 9.17) is 20.8 Å². The van der Waals surface area contributed by atoms with Crippen molar-refractivity contribution >= 4 is 22.8 Å². The summed E-state index contributed by atoms with van der Waals surface area (Å²) in [7, 11) is 0. The molecule has 0 spiro atoms. The number of aromatic hydroxyl groups is 1. The van der Waals surface area contributed by atoms with Gasteiger partial charge in [0.05, 0.1) is 6.20 Å². The fourth-order valence-corrected chi connectivity index (χ4v) is 2.88. The summed E-state index contributed by atoms with van der Waals surface area (Å²) in [5.41, 5.74) is 2.80. The zero-order valence-corrected chi connectivity index (χ0v) is 15.1. The number of hydrogen-bond donors (Lipinski definition) is 1. The third-order valence-electron chi connectivity index (χ3n) is 3.91. The van der Waals surface area contributed by atoms with Crippen molar-refractivity contribution in [3.05, 3.63) is 58.5 Å². The van der Waals surface area contributed by atoms with E-state index in [1.807, 2.05) is 0 Å². The van der Waals surface area contributed by atoms with Gasteiger partial charge >= 0.3 is 6.01 Å². The molecule has 2 aromatic carbocycles. The highest BCUT2D eigenvalue weighted by atomic mass is 35.5. The molecule has 8 heteroatoms. The Morgan fingerprint density at radius 3 is 2.52 bits per heavy atom. The van der Waals surface area contributed by atoms with Crippen molar-refractivity contribution in [1.29, 1.82) is 0 Å². The molecule has 0 aliphatic heterocycles. The molecule has 4 aromatic rings. The number of nitrogens with zero attached hydrogens (tertiary/aromatic N) is 3. The van der Waals surface area contributed by atoms with E-state index in [-0.39, 0.29) is 28.2 Å². The van der Waals surface area contributed by atoms with Crippen LogP contribution in [0.4, 0.5) is 4.39 Å². The second-order valence-corrected chi connectivity index (χ2v) is 6.46. The molecular weight excluding hydrogens is 373 g/mol. The lowest BCUT2D eigenvalue weighted by Crippen LogP contribution is -1.92. The number of phenolic OH excluding ortho intramolecular Hbond substituents is 1. The highest BCUT2D eigenvalue weighted by Gasteiger charge is 2.14. The Balaban J connectivity index is 1.69. The molecule has 6 nitrogen and oxygen atoms in total. The van der Waals surface area contributed by atoms with Gasteiger partial charge in [0.25, 0.3) is 5.71 Å². The molecule has 0 amide bonds. The molecule has 27 heavy (non-hydrogen) atoms. The summed E-state index contributed by atoms with van der Waals surface area (Å²) in [6.07, 6.45) is 1.45. The Morgan fingerprint density at radius 1 is 1.07 bits per heavy atom. The van der Waals surface area contributed by atoms with Crippen molar-refractivity contribution in [1.82, 2.24) is 15.0 Å². The summed E-state index contributed by atoms with van der Waals surface area (Å²) in [5.74, 6) is 0.220. The predicted octanol–water partition coefficient (Wildman–Crippen LogP) is 5.19. The van der Waals surface area contributed by atoms with Crippen LogP contribution in [-0.2, 0) is 0 Å². The van der Waals surface area contributed by atoms with Gasteiger partial charge in [0.1, 0.15) is 22.8 Å². The first-order valence-electron chi connectivity index (χ1n) is 7.97. The van der Waals surface area contributed by atoms with Crippen LogP contribution < -0.4 is 4.74 Å². The molecule has 0 unspecified atom stereocenters. The van der Waals surface area contributed by atoms with Gasteiger partial charge in [-0.3, -0.25) is 0 Å². The largest absolute Gasteiger partial charge is 0.507 e. The number of rotatable bonds is 3. The van der Waals surface area contributed by atoms with Crippen LogP contribution in [0.3, 0.4) is 0 Å². The van der Waals surface area contributed by atoms with Crippen LogP contribution in [0.1, 0.15) is 11.1 Å². The van der Waals surface area contributed by atoms with Crippen LogP contribution in [0, 0.1) is 19.7 Å². The SMILES string of the molecule is Cc1cc(-c2nc3cnc(Oc4cc(F)cc(Cl)c4)nc3o2)cc(C)c1O. The fraction of sp³-hybridized carbons (Fsp3) is 0.105. The van der Waals surface area contributed by atoms with E-state index < -0.39 is 5.82 Å². The monoisotopic (exact) mass is 385 g/mol. The van der Waals surface area contributed by atoms with E-state index in [2.05, 4.69) is 15.0 Å². The van der Waals surface area contributed by atoms with Gasteiger partial charge in [-0.2, -0.15) is 4.98 Å².